The van der Waals surface area contributed by atoms with Crippen LogP contribution in [0, 0.1) is 0 Å². The van der Waals surface area contributed by atoms with Gasteiger partial charge in [0, 0.05) is 38.9 Å². The number of carbonyl (C=O) groups is 2. The van der Waals surface area contributed by atoms with Gasteiger partial charge >= 0.3 is 5.97 Å². The number of amides is 1. The highest BCUT2D eigenvalue weighted by Gasteiger charge is 2.42. The maximum Gasteiger partial charge on any atom is 0.342 e. The molecule has 0 saturated carbocycles. The third-order valence-electron chi connectivity index (χ3n) is 6.80. The highest BCUT2D eigenvalue weighted by molar-refractivity contribution is 6.05. The number of pyridine rings is 1. The number of hydrogen-bond acceptors (Lipinski definition) is 13. The first-order chi connectivity index (χ1) is 21.9. The van der Waals surface area contributed by atoms with Gasteiger partial charge in [0.05, 0.1) is 17.9 Å². The summed E-state index contributed by atoms with van der Waals surface area (Å²) in [4.78, 5) is 45.0. The molecular formula is C23H25N17O5. The Kier molecular flexibility index (Phi) is 10.9. The smallest absolute Gasteiger partial charge is 0.342 e. The molecule has 232 valence electrons. The van der Waals surface area contributed by atoms with Crippen LogP contribution in [0.1, 0.15) is 23.2 Å². The molecule has 2 aliphatic heterocycles. The fraction of sp³-hybridized carbons (Fsp3) is 0.435. The summed E-state index contributed by atoms with van der Waals surface area (Å²) in [6.07, 6.45) is 1.12. The van der Waals surface area contributed by atoms with Gasteiger partial charge in [-0.1, -0.05) is 20.5 Å². The van der Waals surface area contributed by atoms with Crippen LogP contribution in [0.25, 0.3) is 41.8 Å². The zero-order valence-electron chi connectivity index (χ0n) is 23.5. The van der Waals surface area contributed by atoms with Gasteiger partial charge in [-0.2, -0.15) is 0 Å². The number of nitrogens with zero attached hydrogens (tertiary/aromatic N) is 16. The lowest BCUT2D eigenvalue weighted by Gasteiger charge is -2.46. The molecule has 1 saturated heterocycles. The lowest BCUT2D eigenvalue weighted by Crippen LogP contribution is -2.59. The Morgan fingerprint density at radius 3 is 2.44 bits per heavy atom. The highest BCUT2D eigenvalue weighted by Crippen LogP contribution is 2.40. The molecule has 1 aromatic heterocycles. The number of ether oxygens (including phenoxy) is 3. The molecule has 0 radical (unpaired) electrons. The van der Waals surface area contributed by atoms with Crippen LogP contribution in [0.15, 0.2) is 50.8 Å². The standard InChI is InChI=1S/C23H25N17O5/c24-34-29-10-18-22(41)38(11-30-35-25)17-2-4-20(33-21(17)39(18)14-5-7-43-8-6-14)40(28)15-1-3-19(44-12-31-36-26)16(9-15)23(42)45-13-32-37-27/h1-4,9,14,18H,5-8,10-13,28H2/t18-/m1/s1. The lowest BCUT2D eigenvalue weighted by molar-refractivity contribution is -0.120. The van der Waals surface area contributed by atoms with E-state index < -0.39 is 31.4 Å². The molecule has 1 amide bonds. The summed E-state index contributed by atoms with van der Waals surface area (Å²) in [6, 6.07) is 6.19. The topological polar surface area (TPSA) is 306 Å². The molecule has 0 spiro atoms. The summed E-state index contributed by atoms with van der Waals surface area (Å²) in [5, 5.41) is 14.9. The average Bonchev–Trinajstić information content (AvgIpc) is 3.07. The van der Waals surface area contributed by atoms with Crippen LogP contribution < -0.4 is 25.4 Å². The molecule has 1 fully saturated rings. The normalized spacial score (nSPS) is 15.8. The third kappa shape index (κ3) is 7.27. The maximum absolute atomic E-state index is 13.6. The molecule has 1 atom stereocenters. The second kappa shape index (κ2) is 15.4. The zero-order valence-corrected chi connectivity index (χ0v) is 23.5. The molecule has 2 N–H and O–H groups in total. The van der Waals surface area contributed by atoms with Crippen LogP contribution in [-0.4, -0.2) is 68.8 Å². The number of hydrazine groups is 1. The average molecular weight is 620 g/mol. The monoisotopic (exact) mass is 619 g/mol. The Labute approximate surface area is 253 Å². The molecule has 4 rings (SSSR count). The molecule has 2 aliphatic rings. The van der Waals surface area contributed by atoms with E-state index in [1.54, 1.807) is 11.0 Å². The van der Waals surface area contributed by atoms with Gasteiger partial charge in [-0.25, -0.2) is 15.6 Å². The van der Waals surface area contributed by atoms with Crippen LogP contribution >= 0.6 is 0 Å². The molecule has 45 heavy (non-hydrogen) atoms. The fourth-order valence-electron chi connectivity index (χ4n) is 4.84. The number of benzene rings is 1. The molecule has 2 aromatic rings. The fourth-order valence-corrected chi connectivity index (χ4v) is 4.84. The number of nitrogens with two attached hydrogens (primary N) is 1. The summed E-state index contributed by atoms with van der Waals surface area (Å²) in [5.74, 6) is 5.65. The zero-order chi connectivity index (χ0) is 32.2. The Hall–Kier alpha value is -6.13. The lowest BCUT2D eigenvalue weighted by atomic mass is 10.0. The van der Waals surface area contributed by atoms with Crippen molar-refractivity contribution in [3.8, 4) is 5.75 Å². The van der Waals surface area contributed by atoms with Gasteiger partial charge in [0.25, 0.3) is 0 Å². The summed E-state index contributed by atoms with van der Waals surface area (Å²) in [5.41, 5.74) is 35.5. The van der Waals surface area contributed by atoms with Crippen LogP contribution in [0.5, 0.6) is 5.75 Å². The predicted molar refractivity (Wildman–Crippen MR) is 157 cm³/mol. The summed E-state index contributed by atoms with van der Waals surface area (Å²) in [6.45, 7) is -0.667. The number of azide groups is 4. The van der Waals surface area contributed by atoms with E-state index in [1.807, 2.05) is 0 Å². The summed E-state index contributed by atoms with van der Waals surface area (Å²) >= 11 is 0. The minimum Gasteiger partial charge on any atom is -0.487 e. The number of rotatable bonds is 13. The van der Waals surface area contributed by atoms with Crippen LogP contribution in [0.2, 0.25) is 0 Å². The Morgan fingerprint density at radius 1 is 1.02 bits per heavy atom. The summed E-state index contributed by atoms with van der Waals surface area (Å²) in [7, 11) is 0. The van der Waals surface area contributed by atoms with Gasteiger partial charge in [-0.15, -0.1) is 0 Å². The van der Waals surface area contributed by atoms with Crippen molar-refractivity contribution >= 4 is 34.9 Å². The molecule has 22 nitrogen and oxygen atoms in total. The highest BCUT2D eigenvalue weighted by atomic mass is 16.5. The van der Waals surface area contributed by atoms with Crippen LogP contribution in [0.3, 0.4) is 0 Å². The van der Waals surface area contributed by atoms with Crippen molar-refractivity contribution in [3.63, 3.8) is 0 Å². The first-order valence-corrected chi connectivity index (χ1v) is 13.2. The van der Waals surface area contributed by atoms with Crippen molar-refractivity contribution in [1.29, 1.82) is 0 Å². The SMILES string of the molecule is [N-]=[N+]=NCOC(=O)c1cc(N(N)c2ccc3c(n2)N(C2CCOCC2)[C@H](CN=[N+]=[N-])C(=O)N3CN=[N+]=[N-])ccc1OCN=[N+]=[N-]. The second-order valence-corrected chi connectivity index (χ2v) is 9.18. The molecule has 0 aliphatic carbocycles. The Bertz CT molecular complexity index is 1620. The van der Waals surface area contributed by atoms with Gasteiger partial charge < -0.3 is 24.0 Å². The Morgan fingerprint density at radius 2 is 1.73 bits per heavy atom. The molecule has 1 aromatic carbocycles. The first-order valence-electron chi connectivity index (χ1n) is 13.2. The Balaban J connectivity index is 1.79. The van der Waals surface area contributed by atoms with E-state index in [-0.39, 0.29) is 42.1 Å². The largest absolute Gasteiger partial charge is 0.487 e. The number of hydrogen-bond donors (Lipinski definition) is 1. The van der Waals surface area contributed by atoms with E-state index in [0.29, 0.717) is 37.6 Å². The van der Waals surface area contributed by atoms with E-state index in [0.717, 1.165) is 0 Å². The van der Waals surface area contributed by atoms with E-state index in [4.69, 9.17) is 47.2 Å². The van der Waals surface area contributed by atoms with Crippen molar-refractivity contribution in [3.05, 3.63) is 77.7 Å². The van der Waals surface area contributed by atoms with E-state index in [9.17, 15) is 9.59 Å². The summed E-state index contributed by atoms with van der Waals surface area (Å²) < 4.78 is 15.9. The minimum atomic E-state index is -0.954. The van der Waals surface area contributed by atoms with Gasteiger partial charge in [0.1, 0.15) is 29.8 Å². The number of aromatic nitrogens is 1. The van der Waals surface area contributed by atoms with E-state index in [2.05, 4.69) is 40.1 Å². The minimum absolute atomic E-state index is 0.00247. The van der Waals surface area contributed by atoms with Crippen molar-refractivity contribution in [2.45, 2.75) is 24.9 Å². The van der Waals surface area contributed by atoms with Crippen molar-refractivity contribution in [2.75, 3.05) is 54.7 Å². The molecule has 0 bridgehead atoms. The molecule has 3 heterocycles. The maximum atomic E-state index is 13.6. The molecule has 22 heteroatoms. The first kappa shape index (κ1) is 31.8. The quantitative estimate of drug-likeness (QED) is 0.0825. The van der Waals surface area contributed by atoms with Gasteiger partial charge in [0.15, 0.2) is 19.3 Å². The predicted octanol–water partition coefficient (Wildman–Crippen LogP) is 4.44. The van der Waals surface area contributed by atoms with Crippen LogP contribution in [0.4, 0.5) is 23.0 Å². The van der Waals surface area contributed by atoms with Gasteiger partial charge in [-0.05, 0) is 65.3 Å². The van der Waals surface area contributed by atoms with Crippen molar-refractivity contribution in [2.24, 2.45) is 26.3 Å². The number of fused-ring (bicyclic) bond motifs is 1. The molecular weight excluding hydrogens is 594 g/mol. The second-order valence-electron chi connectivity index (χ2n) is 9.18. The van der Waals surface area contributed by atoms with Crippen molar-refractivity contribution < 1.29 is 23.8 Å². The van der Waals surface area contributed by atoms with Crippen LogP contribution in [-0.2, 0) is 14.3 Å². The number of anilines is 4. The third-order valence-corrected chi connectivity index (χ3v) is 6.80. The number of esters is 1. The molecule has 0 unspecified atom stereocenters. The van der Waals surface area contributed by atoms with Crippen molar-refractivity contribution in [1.82, 2.24) is 4.98 Å². The van der Waals surface area contributed by atoms with Gasteiger partial charge in [0.2, 0.25) is 5.91 Å². The van der Waals surface area contributed by atoms with E-state index in [1.165, 1.54) is 34.2 Å². The van der Waals surface area contributed by atoms with E-state index >= 15 is 0 Å². The van der Waals surface area contributed by atoms with Gasteiger partial charge in [-0.3, -0.25) is 9.80 Å². The number of carbonyl (C=O) groups excluding carboxylic acids is 2.